The van der Waals surface area contributed by atoms with Gasteiger partial charge in [0.2, 0.25) is 0 Å². The lowest BCUT2D eigenvalue weighted by molar-refractivity contribution is -0.137. The largest absolute Gasteiger partial charge is 0.417 e. The van der Waals surface area contributed by atoms with Crippen LogP contribution in [0.2, 0.25) is 0 Å². The molecule has 0 atom stereocenters. The molecule has 140 valence electrons. The molecule has 0 spiro atoms. The summed E-state index contributed by atoms with van der Waals surface area (Å²) in [5.41, 5.74) is -0.0676. The Morgan fingerprint density at radius 2 is 1.77 bits per heavy atom. The van der Waals surface area contributed by atoms with Crippen LogP contribution in [0.3, 0.4) is 0 Å². The predicted molar refractivity (Wildman–Crippen MR) is 91.1 cm³/mol. The third-order valence-corrected chi connectivity index (χ3v) is 4.40. The molecule has 6 nitrogen and oxygen atoms in total. The van der Waals surface area contributed by atoms with Gasteiger partial charge in [-0.2, -0.15) is 18.3 Å². The molecule has 3 rings (SSSR count). The monoisotopic (exact) mass is 367 g/mol. The number of aryl methyl sites for hydroxylation is 1. The van der Waals surface area contributed by atoms with Gasteiger partial charge in [0.05, 0.1) is 17.8 Å². The zero-order chi connectivity index (χ0) is 18.7. The van der Waals surface area contributed by atoms with Crippen molar-refractivity contribution in [2.75, 3.05) is 37.6 Å². The summed E-state index contributed by atoms with van der Waals surface area (Å²) in [6, 6.07) is 5.67. The number of alkyl halides is 3. The van der Waals surface area contributed by atoms with Crippen molar-refractivity contribution in [1.82, 2.24) is 19.7 Å². The summed E-state index contributed by atoms with van der Waals surface area (Å²) in [6.45, 7) is 5.91. The number of pyridine rings is 1. The standard InChI is InChI=1S/C17H20F3N5O/c1-13-2-5-16(26)25(22-13)11-8-23-6-9-24(10-7-23)15-4-3-14(12-21-15)17(18,19)20/h2-5,12H,6-11H2,1H3. The Balaban J connectivity index is 1.52. The van der Waals surface area contributed by atoms with E-state index < -0.39 is 11.7 Å². The lowest BCUT2D eigenvalue weighted by Gasteiger charge is -2.35. The van der Waals surface area contributed by atoms with Gasteiger partial charge in [-0.15, -0.1) is 0 Å². The van der Waals surface area contributed by atoms with Gasteiger partial charge in [-0.1, -0.05) is 0 Å². The van der Waals surface area contributed by atoms with Crippen LogP contribution in [-0.4, -0.2) is 52.4 Å². The second-order valence-electron chi connectivity index (χ2n) is 6.27. The topological polar surface area (TPSA) is 54.3 Å². The van der Waals surface area contributed by atoms with Gasteiger partial charge in [-0.3, -0.25) is 9.69 Å². The van der Waals surface area contributed by atoms with Crippen LogP contribution in [0.1, 0.15) is 11.3 Å². The minimum absolute atomic E-state index is 0.122. The van der Waals surface area contributed by atoms with E-state index in [1.165, 1.54) is 16.8 Å². The SMILES string of the molecule is Cc1ccc(=O)n(CCN2CCN(c3ccc(C(F)(F)F)cn3)CC2)n1. The first-order valence-corrected chi connectivity index (χ1v) is 8.38. The van der Waals surface area contributed by atoms with E-state index in [1.54, 1.807) is 6.07 Å². The van der Waals surface area contributed by atoms with E-state index >= 15 is 0 Å². The van der Waals surface area contributed by atoms with E-state index in [1.807, 2.05) is 11.8 Å². The Morgan fingerprint density at radius 3 is 2.38 bits per heavy atom. The van der Waals surface area contributed by atoms with Crippen LogP contribution in [0.5, 0.6) is 0 Å². The Hall–Kier alpha value is -2.42. The lowest BCUT2D eigenvalue weighted by atomic mass is 10.2. The van der Waals surface area contributed by atoms with E-state index in [0.29, 0.717) is 32.0 Å². The molecular weight excluding hydrogens is 347 g/mol. The molecule has 26 heavy (non-hydrogen) atoms. The third-order valence-electron chi connectivity index (χ3n) is 4.40. The summed E-state index contributed by atoms with van der Waals surface area (Å²) in [5, 5.41) is 4.21. The number of piperazine rings is 1. The second kappa shape index (κ2) is 7.45. The number of halogens is 3. The third kappa shape index (κ3) is 4.40. The minimum Gasteiger partial charge on any atom is -0.354 e. The number of hydrogen-bond acceptors (Lipinski definition) is 5. The van der Waals surface area contributed by atoms with Crippen LogP contribution in [0.25, 0.3) is 0 Å². The fraction of sp³-hybridized carbons (Fsp3) is 0.471. The van der Waals surface area contributed by atoms with Gasteiger partial charge in [-0.05, 0) is 25.1 Å². The average Bonchev–Trinajstić information content (AvgIpc) is 2.62. The van der Waals surface area contributed by atoms with Crippen molar-refractivity contribution < 1.29 is 13.2 Å². The van der Waals surface area contributed by atoms with Crippen molar-refractivity contribution in [1.29, 1.82) is 0 Å². The van der Waals surface area contributed by atoms with Crippen molar-refractivity contribution >= 4 is 5.82 Å². The molecule has 9 heteroatoms. The summed E-state index contributed by atoms with van der Waals surface area (Å²) < 4.78 is 39.3. The maximum atomic E-state index is 12.6. The zero-order valence-electron chi connectivity index (χ0n) is 14.4. The van der Waals surface area contributed by atoms with Crippen molar-refractivity contribution in [2.45, 2.75) is 19.6 Å². The first-order chi connectivity index (χ1) is 12.3. The van der Waals surface area contributed by atoms with Gasteiger partial charge >= 0.3 is 6.18 Å². The highest BCUT2D eigenvalue weighted by Crippen LogP contribution is 2.29. The number of hydrogen-bond donors (Lipinski definition) is 0. The van der Waals surface area contributed by atoms with Crippen molar-refractivity contribution in [3.63, 3.8) is 0 Å². The maximum absolute atomic E-state index is 12.6. The van der Waals surface area contributed by atoms with Gasteiger partial charge in [0.15, 0.2) is 0 Å². The average molecular weight is 367 g/mol. The molecule has 0 radical (unpaired) electrons. The molecule has 1 aliphatic rings. The van der Waals surface area contributed by atoms with Crippen LogP contribution in [0, 0.1) is 6.92 Å². The first-order valence-electron chi connectivity index (χ1n) is 8.38. The van der Waals surface area contributed by atoms with Gasteiger partial charge in [-0.25, -0.2) is 9.67 Å². The number of aromatic nitrogens is 3. The van der Waals surface area contributed by atoms with Gasteiger partial charge < -0.3 is 4.90 Å². The van der Waals surface area contributed by atoms with Crippen molar-refractivity contribution in [2.24, 2.45) is 0 Å². The first kappa shape index (κ1) is 18.4. The van der Waals surface area contributed by atoms with Crippen LogP contribution in [0.15, 0.2) is 35.3 Å². The Bertz CT molecular complexity index is 795. The van der Waals surface area contributed by atoms with E-state index in [0.717, 1.165) is 31.0 Å². The Kier molecular flexibility index (Phi) is 5.26. The molecule has 1 fully saturated rings. The summed E-state index contributed by atoms with van der Waals surface area (Å²) in [7, 11) is 0. The molecule has 0 unspecified atom stereocenters. The van der Waals surface area contributed by atoms with Crippen molar-refractivity contribution in [3.05, 3.63) is 52.1 Å². The van der Waals surface area contributed by atoms with E-state index in [2.05, 4.69) is 15.0 Å². The second-order valence-corrected chi connectivity index (χ2v) is 6.27. The lowest BCUT2D eigenvalue weighted by Crippen LogP contribution is -2.48. The molecule has 0 saturated carbocycles. The molecule has 1 aliphatic heterocycles. The summed E-state index contributed by atoms with van der Waals surface area (Å²) in [6.07, 6.45) is -3.50. The summed E-state index contributed by atoms with van der Waals surface area (Å²) in [4.78, 5) is 19.9. The van der Waals surface area contributed by atoms with Crippen LogP contribution in [0.4, 0.5) is 19.0 Å². The van der Waals surface area contributed by atoms with Gasteiger partial charge in [0.1, 0.15) is 5.82 Å². The maximum Gasteiger partial charge on any atom is 0.417 e. The quantitative estimate of drug-likeness (QED) is 0.825. The summed E-state index contributed by atoms with van der Waals surface area (Å²) in [5.74, 6) is 0.550. The molecule has 0 amide bonds. The zero-order valence-corrected chi connectivity index (χ0v) is 14.4. The van der Waals surface area contributed by atoms with Crippen LogP contribution < -0.4 is 10.5 Å². The predicted octanol–water partition coefficient (Wildman–Crippen LogP) is 1.79. The fourth-order valence-electron chi connectivity index (χ4n) is 2.89. The number of nitrogens with zero attached hydrogens (tertiary/aromatic N) is 5. The molecule has 2 aromatic heterocycles. The minimum atomic E-state index is -4.37. The highest BCUT2D eigenvalue weighted by molar-refractivity contribution is 5.40. The summed E-state index contributed by atoms with van der Waals surface area (Å²) >= 11 is 0. The molecule has 0 bridgehead atoms. The van der Waals surface area contributed by atoms with Crippen LogP contribution in [-0.2, 0) is 12.7 Å². The molecule has 0 aromatic carbocycles. The number of rotatable bonds is 4. The van der Waals surface area contributed by atoms with Crippen LogP contribution >= 0.6 is 0 Å². The van der Waals surface area contributed by atoms with Gasteiger partial charge in [0, 0.05) is 45.0 Å². The normalized spacial score (nSPS) is 16.1. The van der Waals surface area contributed by atoms with E-state index in [-0.39, 0.29) is 5.56 Å². The molecule has 0 aliphatic carbocycles. The molecule has 0 N–H and O–H groups in total. The molecule has 2 aromatic rings. The molecule has 1 saturated heterocycles. The van der Waals surface area contributed by atoms with Gasteiger partial charge in [0.25, 0.3) is 5.56 Å². The molecule has 3 heterocycles. The van der Waals surface area contributed by atoms with E-state index in [9.17, 15) is 18.0 Å². The Morgan fingerprint density at radius 1 is 1.04 bits per heavy atom. The highest BCUT2D eigenvalue weighted by atomic mass is 19.4. The smallest absolute Gasteiger partial charge is 0.354 e. The number of anilines is 1. The fourth-order valence-corrected chi connectivity index (χ4v) is 2.89. The molecular formula is C17H20F3N5O. The van der Waals surface area contributed by atoms with Crippen molar-refractivity contribution in [3.8, 4) is 0 Å². The highest BCUT2D eigenvalue weighted by Gasteiger charge is 2.31. The van der Waals surface area contributed by atoms with E-state index in [4.69, 9.17) is 0 Å². The Labute approximate surface area is 148 Å².